The number of hydrogen-bond donors (Lipinski definition) is 3. The van der Waals surface area contributed by atoms with Crippen molar-refractivity contribution in [3.63, 3.8) is 0 Å². The molecule has 14 heavy (non-hydrogen) atoms. The molecule has 0 fully saturated rings. The Morgan fingerprint density at radius 2 is 2.21 bits per heavy atom. The van der Waals surface area contributed by atoms with Gasteiger partial charge in [0.1, 0.15) is 5.65 Å². The minimum absolute atomic E-state index is 0.333. The van der Waals surface area contributed by atoms with Crippen molar-refractivity contribution >= 4 is 35.3 Å². The number of alkyl halides is 1. The molecule has 72 valence electrons. The Balaban J connectivity index is 2.54. The number of fused-ring (bicyclic) bond motifs is 1. The van der Waals surface area contributed by atoms with Gasteiger partial charge in [0.05, 0.1) is 11.6 Å². The van der Waals surface area contributed by atoms with Crippen molar-refractivity contribution in [1.29, 1.82) is 0 Å². The average molecular weight is 210 g/mol. The van der Waals surface area contributed by atoms with E-state index in [0.717, 1.165) is 11.1 Å². The van der Waals surface area contributed by atoms with Crippen LogP contribution in [0.5, 0.6) is 0 Å². The summed E-state index contributed by atoms with van der Waals surface area (Å²) in [5.41, 5.74) is 1.70. The first kappa shape index (κ1) is 9.52. The van der Waals surface area contributed by atoms with Crippen LogP contribution in [0.25, 0.3) is 11.0 Å². The zero-order valence-corrected chi connectivity index (χ0v) is 7.99. The first-order chi connectivity index (χ1) is 6.70. The van der Waals surface area contributed by atoms with Crippen LogP contribution in [0.1, 0.15) is 5.69 Å². The van der Waals surface area contributed by atoms with Gasteiger partial charge in [-0.15, -0.1) is 11.6 Å². The summed E-state index contributed by atoms with van der Waals surface area (Å²) < 4.78 is 0. The number of pyridine rings is 1. The second kappa shape index (κ2) is 3.61. The summed E-state index contributed by atoms with van der Waals surface area (Å²) in [6.07, 6.45) is 0. The van der Waals surface area contributed by atoms with Crippen molar-refractivity contribution in [3.8, 4) is 0 Å². The zero-order valence-electron chi connectivity index (χ0n) is 7.24. The number of hydrogen-bond acceptors (Lipinski definition) is 3. The van der Waals surface area contributed by atoms with Crippen LogP contribution in [0.4, 0.5) is 0 Å². The highest BCUT2D eigenvalue weighted by molar-refractivity contribution is 6.58. The zero-order chi connectivity index (χ0) is 10.1. The number of nitrogens with zero attached hydrogens (tertiary/aromatic N) is 1. The lowest BCUT2D eigenvalue weighted by molar-refractivity contribution is 0.424. The smallest absolute Gasteiger partial charge is 0.422 e. The lowest BCUT2D eigenvalue weighted by Crippen LogP contribution is -2.30. The van der Waals surface area contributed by atoms with Crippen LogP contribution in [0.2, 0.25) is 0 Å². The monoisotopic (exact) mass is 210 g/mol. The molecule has 0 aromatic carbocycles. The van der Waals surface area contributed by atoms with E-state index >= 15 is 0 Å². The highest BCUT2D eigenvalue weighted by atomic mass is 35.5. The summed E-state index contributed by atoms with van der Waals surface area (Å²) in [4.78, 5) is 6.99. The lowest BCUT2D eigenvalue weighted by atomic mass is 9.87. The fourth-order valence-electron chi connectivity index (χ4n) is 1.28. The molecule has 0 amide bonds. The van der Waals surface area contributed by atoms with E-state index in [1.807, 2.05) is 6.07 Å². The summed E-state index contributed by atoms with van der Waals surface area (Å²) >= 11 is 5.62. The van der Waals surface area contributed by atoms with Gasteiger partial charge in [-0.1, -0.05) is 0 Å². The normalized spacial score (nSPS) is 10.8. The molecule has 0 atom stereocenters. The largest absolute Gasteiger partial charge is 0.505 e. The highest BCUT2D eigenvalue weighted by Gasteiger charge is 2.14. The number of aromatic nitrogens is 2. The molecule has 3 N–H and O–H groups in total. The van der Waals surface area contributed by atoms with Gasteiger partial charge in [-0.05, 0) is 18.2 Å². The Bertz CT molecular complexity index is 458. The van der Waals surface area contributed by atoms with Gasteiger partial charge in [-0.25, -0.2) is 4.98 Å². The molecule has 2 heterocycles. The fraction of sp³-hybridized carbons (Fsp3) is 0.125. The standard InChI is InChI=1S/C8H8BClN2O2/c10-4-6-2-1-5-3-7(9(13)14)12-8(5)11-6/h1-3,13-14H,4H2,(H,11,12). The summed E-state index contributed by atoms with van der Waals surface area (Å²) in [5.74, 6) is 0.339. The lowest BCUT2D eigenvalue weighted by Gasteiger charge is -1.93. The third-order valence-corrected chi connectivity index (χ3v) is 2.25. The minimum atomic E-state index is -1.50. The number of halogens is 1. The second-order valence-corrected chi connectivity index (χ2v) is 3.24. The molecule has 0 bridgehead atoms. The van der Waals surface area contributed by atoms with Crippen LogP contribution >= 0.6 is 11.6 Å². The molecule has 0 aliphatic rings. The molecule has 0 spiro atoms. The molecule has 0 saturated heterocycles. The summed E-state index contributed by atoms with van der Waals surface area (Å²) in [6.45, 7) is 0. The van der Waals surface area contributed by atoms with Crippen LogP contribution in [0.15, 0.2) is 18.2 Å². The molecule has 0 aliphatic heterocycles. The van der Waals surface area contributed by atoms with Crippen molar-refractivity contribution in [3.05, 3.63) is 23.9 Å². The predicted octanol–water partition coefficient (Wildman–Crippen LogP) is -0.0185. The molecule has 0 unspecified atom stereocenters. The molecule has 2 rings (SSSR count). The van der Waals surface area contributed by atoms with Crippen LogP contribution in [0, 0.1) is 0 Å². The molecule has 0 aliphatic carbocycles. The van der Waals surface area contributed by atoms with Crippen molar-refractivity contribution in [2.45, 2.75) is 5.88 Å². The maximum absolute atomic E-state index is 8.92. The molecular formula is C8H8BClN2O2. The number of H-pyrrole nitrogens is 1. The van der Waals surface area contributed by atoms with Crippen LogP contribution < -0.4 is 5.59 Å². The fourth-order valence-corrected chi connectivity index (χ4v) is 1.43. The maximum atomic E-state index is 8.92. The Hall–Kier alpha value is -1.04. The first-order valence-electron chi connectivity index (χ1n) is 4.11. The summed E-state index contributed by atoms with van der Waals surface area (Å²) in [6, 6.07) is 5.28. The molecule has 4 nitrogen and oxygen atoms in total. The summed E-state index contributed by atoms with van der Waals surface area (Å²) in [7, 11) is -1.50. The third-order valence-electron chi connectivity index (χ3n) is 1.97. The molecule has 0 radical (unpaired) electrons. The average Bonchev–Trinajstić information content (AvgIpc) is 2.59. The number of aromatic amines is 1. The van der Waals surface area contributed by atoms with Gasteiger partial charge in [0, 0.05) is 11.0 Å². The molecule has 0 saturated carbocycles. The van der Waals surface area contributed by atoms with Gasteiger partial charge >= 0.3 is 7.12 Å². The number of rotatable bonds is 2. The first-order valence-corrected chi connectivity index (χ1v) is 4.65. The van der Waals surface area contributed by atoms with Gasteiger partial charge in [0.25, 0.3) is 0 Å². The molecule has 6 heteroatoms. The van der Waals surface area contributed by atoms with Crippen LogP contribution in [-0.4, -0.2) is 27.1 Å². The highest BCUT2D eigenvalue weighted by Crippen LogP contribution is 2.10. The van der Waals surface area contributed by atoms with Gasteiger partial charge in [0.15, 0.2) is 0 Å². The van der Waals surface area contributed by atoms with E-state index < -0.39 is 7.12 Å². The van der Waals surface area contributed by atoms with E-state index in [4.69, 9.17) is 21.6 Å². The van der Waals surface area contributed by atoms with E-state index in [1.54, 1.807) is 12.1 Å². The van der Waals surface area contributed by atoms with Crippen molar-refractivity contribution in [2.75, 3.05) is 0 Å². The Labute approximate surface area is 85.7 Å². The van der Waals surface area contributed by atoms with E-state index in [0.29, 0.717) is 17.1 Å². The second-order valence-electron chi connectivity index (χ2n) is 2.97. The predicted molar refractivity (Wildman–Crippen MR) is 55.5 cm³/mol. The van der Waals surface area contributed by atoms with E-state index in [-0.39, 0.29) is 0 Å². The SMILES string of the molecule is OB(O)c1cc2ccc(CCl)nc2[nH]1. The Morgan fingerprint density at radius 3 is 2.86 bits per heavy atom. The van der Waals surface area contributed by atoms with E-state index in [1.165, 1.54) is 0 Å². The third kappa shape index (κ3) is 1.62. The van der Waals surface area contributed by atoms with Crippen LogP contribution in [-0.2, 0) is 5.88 Å². The maximum Gasteiger partial charge on any atom is 0.505 e. The van der Waals surface area contributed by atoms with Gasteiger partial charge < -0.3 is 15.0 Å². The number of nitrogens with one attached hydrogen (secondary N) is 1. The van der Waals surface area contributed by atoms with Crippen LogP contribution in [0.3, 0.4) is 0 Å². The van der Waals surface area contributed by atoms with Crippen molar-refractivity contribution < 1.29 is 10.0 Å². The molecular weight excluding hydrogens is 202 g/mol. The topological polar surface area (TPSA) is 69.1 Å². The van der Waals surface area contributed by atoms with Gasteiger partial charge in [0.2, 0.25) is 0 Å². The van der Waals surface area contributed by atoms with E-state index in [9.17, 15) is 0 Å². The van der Waals surface area contributed by atoms with Gasteiger partial charge in [-0.3, -0.25) is 0 Å². The molecule has 2 aromatic rings. The van der Waals surface area contributed by atoms with E-state index in [2.05, 4.69) is 9.97 Å². The minimum Gasteiger partial charge on any atom is -0.422 e. The summed E-state index contributed by atoms with van der Waals surface area (Å²) in [5, 5.41) is 18.7. The van der Waals surface area contributed by atoms with Gasteiger partial charge in [-0.2, -0.15) is 0 Å². The quantitative estimate of drug-likeness (QED) is 0.482. The molecule has 2 aromatic heterocycles. The van der Waals surface area contributed by atoms with Crippen molar-refractivity contribution in [2.24, 2.45) is 0 Å². The van der Waals surface area contributed by atoms with Crippen molar-refractivity contribution in [1.82, 2.24) is 9.97 Å². The Kier molecular flexibility index (Phi) is 2.45. The Morgan fingerprint density at radius 1 is 1.43 bits per heavy atom.